The molecule has 0 bridgehead atoms. The first-order valence-corrected chi connectivity index (χ1v) is 9.61. The number of hydrogen-bond donors (Lipinski definition) is 0. The van der Waals surface area contributed by atoms with E-state index in [1.807, 2.05) is 12.1 Å². The molecule has 1 saturated heterocycles. The number of sulfonamides is 1. The van der Waals surface area contributed by atoms with Crippen LogP contribution >= 0.6 is 0 Å². The fraction of sp³-hybridized carbons (Fsp3) is 0.389. The Morgan fingerprint density at radius 2 is 1.88 bits per heavy atom. The topological polar surface area (TPSA) is 53.5 Å². The zero-order valence-electron chi connectivity index (χ0n) is 14.1. The SMILES string of the molecule is CN(C)S(=O)(=O)c1ccnc(-c2cccc(CN3CCCC3)c2)c1. The van der Waals surface area contributed by atoms with Gasteiger partial charge in [-0.2, -0.15) is 0 Å². The number of hydrogen-bond acceptors (Lipinski definition) is 4. The van der Waals surface area contributed by atoms with Crippen molar-refractivity contribution in [3.8, 4) is 11.3 Å². The Morgan fingerprint density at radius 1 is 1.12 bits per heavy atom. The van der Waals surface area contributed by atoms with Crippen molar-refractivity contribution in [3.05, 3.63) is 48.2 Å². The Morgan fingerprint density at radius 3 is 2.58 bits per heavy atom. The van der Waals surface area contributed by atoms with Gasteiger partial charge in [0.05, 0.1) is 10.6 Å². The second kappa shape index (κ2) is 7.01. The molecule has 0 aliphatic carbocycles. The minimum atomic E-state index is -3.45. The van der Waals surface area contributed by atoms with Gasteiger partial charge in [0, 0.05) is 32.4 Å². The molecule has 0 amide bonds. The van der Waals surface area contributed by atoms with Gasteiger partial charge in [-0.05, 0) is 49.7 Å². The van der Waals surface area contributed by atoms with E-state index < -0.39 is 10.0 Å². The average molecular weight is 345 g/mol. The van der Waals surface area contributed by atoms with E-state index in [1.165, 1.54) is 42.9 Å². The average Bonchev–Trinajstić information content (AvgIpc) is 3.08. The lowest BCUT2D eigenvalue weighted by atomic mass is 10.1. The van der Waals surface area contributed by atoms with Gasteiger partial charge in [-0.1, -0.05) is 18.2 Å². The van der Waals surface area contributed by atoms with Crippen LogP contribution in [-0.4, -0.2) is 49.8 Å². The zero-order valence-corrected chi connectivity index (χ0v) is 15.0. The van der Waals surface area contributed by atoms with Gasteiger partial charge in [0.2, 0.25) is 10.0 Å². The molecule has 0 spiro atoms. The molecule has 24 heavy (non-hydrogen) atoms. The number of aromatic nitrogens is 1. The van der Waals surface area contributed by atoms with E-state index in [1.54, 1.807) is 12.3 Å². The number of likely N-dealkylation sites (tertiary alicyclic amines) is 1. The van der Waals surface area contributed by atoms with Crippen LogP contribution in [0.4, 0.5) is 0 Å². The Bertz CT molecular complexity index is 813. The summed E-state index contributed by atoms with van der Waals surface area (Å²) in [4.78, 5) is 7.07. The summed E-state index contributed by atoms with van der Waals surface area (Å²) in [7, 11) is -0.383. The minimum absolute atomic E-state index is 0.266. The first-order valence-electron chi connectivity index (χ1n) is 8.17. The number of rotatable bonds is 5. The van der Waals surface area contributed by atoms with Crippen LogP contribution in [0.1, 0.15) is 18.4 Å². The van der Waals surface area contributed by atoms with Crippen molar-refractivity contribution in [2.24, 2.45) is 0 Å². The van der Waals surface area contributed by atoms with E-state index >= 15 is 0 Å². The Balaban J connectivity index is 1.89. The summed E-state index contributed by atoms with van der Waals surface area (Å²) in [5.41, 5.74) is 2.86. The Labute approximate surface area is 144 Å². The van der Waals surface area contributed by atoms with Crippen molar-refractivity contribution in [2.75, 3.05) is 27.2 Å². The maximum atomic E-state index is 12.3. The van der Waals surface area contributed by atoms with Gasteiger partial charge in [-0.3, -0.25) is 9.88 Å². The largest absolute Gasteiger partial charge is 0.299 e. The highest BCUT2D eigenvalue weighted by atomic mass is 32.2. The van der Waals surface area contributed by atoms with Gasteiger partial charge < -0.3 is 0 Å². The van der Waals surface area contributed by atoms with Crippen molar-refractivity contribution < 1.29 is 8.42 Å². The molecule has 128 valence electrons. The fourth-order valence-electron chi connectivity index (χ4n) is 2.97. The summed E-state index contributed by atoms with van der Waals surface area (Å²) in [6.07, 6.45) is 4.09. The molecule has 2 aromatic rings. The van der Waals surface area contributed by atoms with E-state index in [0.29, 0.717) is 5.69 Å². The normalized spacial score (nSPS) is 16.0. The molecule has 2 heterocycles. The van der Waals surface area contributed by atoms with Gasteiger partial charge in [0.15, 0.2) is 0 Å². The van der Waals surface area contributed by atoms with Crippen LogP contribution in [0.25, 0.3) is 11.3 Å². The van der Waals surface area contributed by atoms with E-state index in [0.717, 1.165) is 25.2 Å². The number of pyridine rings is 1. The molecule has 3 rings (SSSR count). The van der Waals surface area contributed by atoms with Crippen molar-refractivity contribution in [2.45, 2.75) is 24.3 Å². The van der Waals surface area contributed by atoms with Crippen LogP contribution < -0.4 is 0 Å². The van der Waals surface area contributed by atoms with Crippen LogP contribution in [0.5, 0.6) is 0 Å². The van der Waals surface area contributed by atoms with Gasteiger partial charge in [-0.25, -0.2) is 12.7 Å². The highest BCUT2D eigenvalue weighted by Crippen LogP contribution is 2.23. The molecule has 1 aliphatic heterocycles. The monoisotopic (exact) mass is 345 g/mol. The summed E-state index contributed by atoms with van der Waals surface area (Å²) < 4.78 is 25.8. The van der Waals surface area contributed by atoms with E-state index in [4.69, 9.17) is 0 Å². The second-order valence-electron chi connectivity index (χ2n) is 6.35. The highest BCUT2D eigenvalue weighted by molar-refractivity contribution is 7.89. The summed E-state index contributed by atoms with van der Waals surface area (Å²) in [6.45, 7) is 3.24. The molecule has 0 saturated carbocycles. The van der Waals surface area contributed by atoms with Crippen LogP contribution in [0.2, 0.25) is 0 Å². The fourth-order valence-corrected chi connectivity index (χ4v) is 3.88. The summed E-state index contributed by atoms with van der Waals surface area (Å²) in [5, 5.41) is 0. The number of nitrogens with zero attached hydrogens (tertiary/aromatic N) is 3. The molecule has 0 unspecified atom stereocenters. The summed E-state index contributed by atoms with van der Waals surface area (Å²) >= 11 is 0. The maximum Gasteiger partial charge on any atom is 0.242 e. The van der Waals surface area contributed by atoms with E-state index in [-0.39, 0.29) is 4.90 Å². The zero-order chi connectivity index (χ0) is 17.2. The molecule has 0 radical (unpaired) electrons. The van der Waals surface area contributed by atoms with Crippen LogP contribution in [0, 0.1) is 0 Å². The third kappa shape index (κ3) is 3.66. The first-order chi connectivity index (χ1) is 11.5. The lowest BCUT2D eigenvalue weighted by molar-refractivity contribution is 0.331. The predicted octanol–water partition coefficient (Wildman–Crippen LogP) is 2.59. The first kappa shape index (κ1) is 17.1. The molecule has 0 N–H and O–H groups in total. The second-order valence-corrected chi connectivity index (χ2v) is 8.50. The third-order valence-corrected chi connectivity index (χ3v) is 6.15. The van der Waals surface area contributed by atoms with Gasteiger partial charge in [0.1, 0.15) is 0 Å². The summed E-state index contributed by atoms with van der Waals surface area (Å²) in [6, 6.07) is 11.4. The quantitative estimate of drug-likeness (QED) is 0.836. The highest BCUT2D eigenvalue weighted by Gasteiger charge is 2.18. The third-order valence-electron chi connectivity index (χ3n) is 4.34. The lowest BCUT2D eigenvalue weighted by Crippen LogP contribution is -2.22. The predicted molar refractivity (Wildman–Crippen MR) is 95.1 cm³/mol. The Kier molecular flexibility index (Phi) is 4.99. The lowest BCUT2D eigenvalue weighted by Gasteiger charge is -2.15. The Hall–Kier alpha value is -1.76. The molecule has 1 fully saturated rings. The molecular formula is C18H23N3O2S. The van der Waals surface area contributed by atoms with Crippen LogP contribution in [-0.2, 0) is 16.6 Å². The van der Waals surface area contributed by atoms with E-state index in [2.05, 4.69) is 22.0 Å². The van der Waals surface area contributed by atoms with Crippen molar-refractivity contribution >= 4 is 10.0 Å². The van der Waals surface area contributed by atoms with Gasteiger partial charge in [-0.15, -0.1) is 0 Å². The summed E-state index contributed by atoms with van der Waals surface area (Å²) in [5.74, 6) is 0. The van der Waals surface area contributed by atoms with Crippen LogP contribution in [0.15, 0.2) is 47.5 Å². The maximum absolute atomic E-state index is 12.3. The standard InChI is InChI=1S/C18H23N3O2S/c1-20(2)24(22,23)17-8-9-19-18(13-17)16-7-5-6-15(12-16)14-21-10-3-4-11-21/h5-9,12-13H,3-4,10-11,14H2,1-2H3. The van der Waals surface area contributed by atoms with E-state index in [9.17, 15) is 8.42 Å². The van der Waals surface area contributed by atoms with Gasteiger partial charge >= 0.3 is 0 Å². The molecule has 1 aromatic heterocycles. The molecule has 6 heteroatoms. The molecule has 0 atom stereocenters. The van der Waals surface area contributed by atoms with Crippen molar-refractivity contribution in [1.82, 2.24) is 14.2 Å². The number of benzene rings is 1. The van der Waals surface area contributed by atoms with Gasteiger partial charge in [0.25, 0.3) is 0 Å². The van der Waals surface area contributed by atoms with Crippen LogP contribution in [0.3, 0.4) is 0 Å². The van der Waals surface area contributed by atoms with Crippen molar-refractivity contribution in [3.63, 3.8) is 0 Å². The molecule has 5 nitrogen and oxygen atoms in total. The minimum Gasteiger partial charge on any atom is -0.299 e. The molecular weight excluding hydrogens is 322 g/mol. The molecule has 1 aliphatic rings. The van der Waals surface area contributed by atoms with Crippen molar-refractivity contribution in [1.29, 1.82) is 0 Å². The smallest absolute Gasteiger partial charge is 0.242 e. The molecule has 1 aromatic carbocycles.